The maximum Gasteiger partial charge on any atom is 0.147 e. The maximum absolute atomic E-state index is 13.3. The van der Waals surface area contributed by atoms with Crippen LogP contribution in [0.15, 0.2) is 35.6 Å². The summed E-state index contributed by atoms with van der Waals surface area (Å²) in [5.41, 5.74) is 6.79. The fourth-order valence-corrected chi connectivity index (χ4v) is 2.57. The van der Waals surface area contributed by atoms with Crippen molar-refractivity contribution < 1.29 is 4.39 Å². The van der Waals surface area contributed by atoms with Crippen LogP contribution >= 0.6 is 11.8 Å². The highest BCUT2D eigenvalue weighted by Gasteiger charge is 2.04. The third-order valence-electron chi connectivity index (χ3n) is 2.62. The first-order chi connectivity index (χ1) is 8.70. The summed E-state index contributed by atoms with van der Waals surface area (Å²) in [5, 5.41) is 0. The summed E-state index contributed by atoms with van der Waals surface area (Å²) in [6.45, 7) is 3.10. The molecule has 0 spiro atoms. The molecule has 0 unspecified atom stereocenters. The number of nitrogens with zero attached hydrogens (tertiary/aromatic N) is 2. The number of halogens is 1. The Bertz CT molecular complexity index is 525. The average molecular weight is 265 g/mol. The molecule has 0 radical (unpaired) electrons. The first kappa shape index (κ1) is 13.0. The fraction of sp³-hybridized carbons (Fsp3) is 0.308. The van der Waals surface area contributed by atoms with Crippen molar-refractivity contribution in [3.05, 3.63) is 42.2 Å². The van der Waals surface area contributed by atoms with Crippen LogP contribution in [-0.4, -0.2) is 9.55 Å². The number of hydrogen-bond donors (Lipinski definition) is 1. The molecule has 96 valence electrons. The van der Waals surface area contributed by atoms with E-state index in [-0.39, 0.29) is 11.5 Å². The van der Waals surface area contributed by atoms with E-state index in [9.17, 15) is 4.39 Å². The summed E-state index contributed by atoms with van der Waals surface area (Å²) in [7, 11) is 0. The summed E-state index contributed by atoms with van der Waals surface area (Å²) >= 11 is 1.58. The molecule has 5 heteroatoms. The van der Waals surface area contributed by atoms with E-state index < -0.39 is 0 Å². The highest BCUT2D eigenvalue weighted by Crippen LogP contribution is 2.25. The molecule has 18 heavy (non-hydrogen) atoms. The van der Waals surface area contributed by atoms with Crippen LogP contribution in [0, 0.1) is 5.82 Å². The fourth-order valence-electron chi connectivity index (χ4n) is 1.67. The van der Waals surface area contributed by atoms with Gasteiger partial charge in [0.15, 0.2) is 0 Å². The second-order valence-electron chi connectivity index (χ2n) is 4.05. The van der Waals surface area contributed by atoms with E-state index in [0.29, 0.717) is 0 Å². The van der Waals surface area contributed by atoms with Crippen molar-refractivity contribution in [1.29, 1.82) is 0 Å². The highest BCUT2D eigenvalue weighted by molar-refractivity contribution is 7.98. The molecule has 3 nitrogen and oxygen atoms in total. The van der Waals surface area contributed by atoms with Crippen molar-refractivity contribution in [2.75, 3.05) is 5.73 Å². The topological polar surface area (TPSA) is 43.8 Å². The first-order valence-electron chi connectivity index (χ1n) is 5.87. The van der Waals surface area contributed by atoms with Crippen LogP contribution in [0.5, 0.6) is 0 Å². The van der Waals surface area contributed by atoms with Gasteiger partial charge in [-0.1, -0.05) is 6.92 Å². The summed E-state index contributed by atoms with van der Waals surface area (Å²) in [6.07, 6.45) is 4.77. The lowest BCUT2D eigenvalue weighted by Gasteiger charge is -2.07. The Morgan fingerprint density at radius 3 is 3.00 bits per heavy atom. The van der Waals surface area contributed by atoms with E-state index >= 15 is 0 Å². The first-order valence-corrected chi connectivity index (χ1v) is 6.86. The minimum atomic E-state index is -0.359. The van der Waals surface area contributed by atoms with E-state index in [4.69, 9.17) is 5.73 Å². The molecule has 0 aliphatic carbocycles. The predicted molar refractivity (Wildman–Crippen MR) is 72.9 cm³/mol. The van der Waals surface area contributed by atoms with E-state index in [1.54, 1.807) is 17.8 Å². The van der Waals surface area contributed by atoms with Gasteiger partial charge in [-0.25, -0.2) is 9.37 Å². The number of nitrogens with two attached hydrogens (primary N) is 1. The van der Waals surface area contributed by atoms with Crippen LogP contribution in [0.1, 0.15) is 19.0 Å². The van der Waals surface area contributed by atoms with Crippen molar-refractivity contribution >= 4 is 17.4 Å². The van der Waals surface area contributed by atoms with Gasteiger partial charge in [0.05, 0.1) is 12.0 Å². The lowest BCUT2D eigenvalue weighted by molar-refractivity contribution is 0.629. The largest absolute Gasteiger partial charge is 0.396 e. The Balaban J connectivity index is 2.02. The van der Waals surface area contributed by atoms with Gasteiger partial charge in [0.25, 0.3) is 0 Å². The summed E-state index contributed by atoms with van der Waals surface area (Å²) < 4.78 is 15.4. The summed E-state index contributed by atoms with van der Waals surface area (Å²) in [6, 6.07) is 4.91. The average Bonchev–Trinajstić information content (AvgIpc) is 2.79. The second-order valence-corrected chi connectivity index (χ2v) is 5.10. The number of imidazole rings is 1. The highest BCUT2D eigenvalue weighted by atomic mass is 32.2. The Morgan fingerprint density at radius 2 is 2.28 bits per heavy atom. The standard InChI is InChI=1S/C13H16FN3S/c1-2-5-17-9-16-7-10(17)8-18-11-3-4-13(15)12(14)6-11/h3-4,6-7,9H,2,5,8,15H2,1H3. The zero-order valence-electron chi connectivity index (χ0n) is 10.3. The van der Waals surface area contributed by atoms with Crippen molar-refractivity contribution in [2.45, 2.75) is 30.5 Å². The van der Waals surface area contributed by atoms with Crippen LogP contribution in [0.25, 0.3) is 0 Å². The number of hydrogen-bond acceptors (Lipinski definition) is 3. The summed E-state index contributed by atoms with van der Waals surface area (Å²) in [5.74, 6) is 0.422. The zero-order chi connectivity index (χ0) is 13.0. The Kier molecular flexibility index (Phi) is 4.25. The van der Waals surface area contributed by atoms with Gasteiger partial charge in [0, 0.05) is 29.1 Å². The molecule has 0 amide bonds. The predicted octanol–water partition coefficient (Wildman–Crippen LogP) is 3.31. The Labute approximate surface area is 110 Å². The number of benzene rings is 1. The van der Waals surface area contributed by atoms with Crippen molar-refractivity contribution in [2.24, 2.45) is 0 Å². The van der Waals surface area contributed by atoms with Gasteiger partial charge in [-0.05, 0) is 24.6 Å². The van der Waals surface area contributed by atoms with Gasteiger partial charge in [-0.2, -0.15) is 0 Å². The van der Waals surface area contributed by atoms with Gasteiger partial charge < -0.3 is 10.3 Å². The number of rotatable bonds is 5. The molecule has 0 aliphatic rings. The van der Waals surface area contributed by atoms with E-state index in [1.165, 1.54) is 6.07 Å². The third kappa shape index (κ3) is 3.04. The molecular formula is C13H16FN3S. The van der Waals surface area contributed by atoms with Crippen LogP contribution in [0.4, 0.5) is 10.1 Å². The van der Waals surface area contributed by atoms with E-state index in [2.05, 4.69) is 16.5 Å². The SMILES string of the molecule is CCCn1cncc1CSc1ccc(N)c(F)c1. The molecule has 2 aromatic rings. The zero-order valence-corrected chi connectivity index (χ0v) is 11.1. The van der Waals surface area contributed by atoms with Crippen molar-refractivity contribution in [3.8, 4) is 0 Å². The van der Waals surface area contributed by atoms with Crippen LogP contribution < -0.4 is 5.73 Å². The van der Waals surface area contributed by atoms with E-state index in [1.807, 2.05) is 18.6 Å². The maximum atomic E-state index is 13.3. The number of nitrogen functional groups attached to an aromatic ring is 1. The van der Waals surface area contributed by atoms with Gasteiger partial charge in [-0.15, -0.1) is 11.8 Å². The smallest absolute Gasteiger partial charge is 0.147 e. The number of thioether (sulfide) groups is 1. The monoisotopic (exact) mass is 265 g/mol. The molecule has 2 N–H and O–H groups in total. The van der Waals surface area contributed by atoms with Crippen molar-refractivity contribution in [3.63, 3.8) is 0 Å². The molecule has 0 atom stereocenters. The molecular weight excluding hydrogens is 249 g/mol. The van der Waals surface area contributed by atoms with Crippen molar-refractivity contribution in [1.82, 2.24) is 9.55 Å². The van der Waals surface area contributed by atoms with Crippen LogP contribution in [0.2, 0.25) is 0 Å². The number of aromatic nitrogens is 2. The molecule has 0 aliphatic heterocycles. The molecule has 0 bridgehead atoms. The molecule has 0 saturated heterocycles. The van der Waals surface area contributed by atoms with Crippen LogP contribution in [-0.2, 0) is 12.3 Å². The van der Waals surface area contributed by atoms with Gasteiger partial charge >= 0.3 is 0 Å². The molecule has 1 heterocycles. The summed E-state index contributed by atoms with van der Waals surface area (Å²) in [4.78, 5) is 5.02. The minimum Gasteiger partial charge on any atom is -0.396 e. The van der Waals surface area contributed by atoms with Gasteiger partial charge in [0.2, 0.25) is 0 Å². The number of aryl methyl sites for hydroxylation is 1. The molecule has 2 rings (SSSR count). The van der Waals surface area contributed by atoms with E-state index in [0.717, 1.165) is 29.3 Å². The molecule has 0 saturated carbocycles. The Morgan fingerprint density at radius 1 is 1.44 bits per heavy atom. The number of anilines is 1. The van der Waals surface area contributed by atoms with Gasteiger partial charge in [-0.3, -0.25) is 0 Å². The quantitative estimate of drug-likeness (QED) is 0.666. The Hall–Kier alpha value is -1.49. The molecule has 0 fully saturated rings. The van der Waals surface area contributed by atoms with Crippen LogP contribution in [0.3, 0.4) is 0 Å². The minimum absolute atomic E-state index is 0.190. The third-order valence-corrected chi connectivity index (χ3v) is 3.65. The second kappa shape index (κ2) is 5.91. The normalized spacial score (nSPS) is 10.8. The lowest BCUT2D eigenvalue weighted by atomic mass is 10.3. The molecule has 1 aromatic heterocycles. The van der Waals surface area contributed by atoms with Gasteiger partial charge in [0.1, 0.15) is 5.82 Å². The lowest BCUT2D eigenvalue weighted by Crippen LogP contribution is -1.99. The molecule has 1 aromatic carbocycles.